The molecule has 0 bridgehead atoms. The minimum absolute atomic E-state index is 0.234. The van der Waals surface area contributed by atoms with Crippen molar-refractivity contribution in [2.45, 2.75) is 25.6 Å². The first kappa shape index (κ1) is 16.1. The molecule has 0 radical (unpaired) electrons. The summed E-state index contributed by atoms with van der Waals surface area (Å²) in [6.45, 7) is 3.69. The van der Waals surface area contributed by atoms with Crippen LogP contribution in [0.2, 0.25) is 0 Å². The number of nitrogens with zero attached hydrogens (tertiary/aromatic N) is 1. The molecule has 6 nitrogen and oxygen atoms in total. The highest BCUT2D eigenvalue weighted by molar-refractivity contribution is 7.88. The van der Waals surface area contributed by atoms with Crippen molar-refractivity contribution in [2.75, 3.05) is 6.54 Å². The van der Waals surface area contributed by atoms with Gasteiger partial charge in [0.15, 0.2) is 0 Å². The van der Waals surface area contributed by atoms with Gasteiger partial charge in [0.05, 0.1) is 23.4 Å². The molecule has 0 heterocycles. The van der Waals surface area contributed by atoms with E-state index in [-0.39, 0.29) is 11.7 Å². The van der Waals surface area contributed by atoms with Crippen LogP contribution in [0.1, 0.15) is 25.0 Å². The van der Waals surface area contributed by atoms with Crippen LogP contribution in [0.15, 0.2) is 24.3 Å². The van der Waals surface area contributed by atoms with Crippen LogP contribution in [0.3, 0.4) is 0 Å². The third kappa shape index (κ3) is 4.99. The fourth-order valence-electron chi connectivity index (χ4n) is 1.59. The van der Waals surface area contributed by atoms with E-state index in [1.165, 1.54) is 6.92 Å². The summed E-state index contributed by atoms with van der Waals surface area (Å²) in [6.07, 6.45) is 0. The molecule has 0 saturated heterocycles. The van der Waals surface area contributed by atoms with Crippen LogP contribution < -0.4 is 10.0 Å². The number of likely N-dealkylation sites (N-methyl/N-ethyl adjacent to an activating group) is 1. The largest absolute Gasteiger partial charge is 0.355 e. The molecule has 7 heteroatoms. The average Bonchev–Trinajstić information content (AvgIpc) is 2.38. The van der Waals surface area contributed by atoms with E-state index >= 15 is 0 Å². The number of sulfonamides is 1. The van der Waals surface area contributed by atoms with Crippen molar-refractivity contribution in [2.24, 2.45) is 0 Å². The van der Waals surface area contributed by atoms with Crippen molar-refractivity contribution in [1.29, 1.82) is 5.26 Å². The molecule has 1 amide bonds. The first-order valence-corrected chi connectivity index (χ1v) is 7.80. The zero-order chi connectivity index (χ0) is 15.2. The van der Waals surface area contributed by atoms with Gasteiger partial charge in [0.25, 0.3) is 0 Å². The van der Waals surface area contributed by atoms with E-state index in [1.807, 2.05) is 6.07 Å². The third-order valence-electron chi connectivity index (χ3n) is 2.54. The zero-order valence-electron chi connectivity index (χ0n) is 11.4. The van der Waals surface area contributed by atoms with E-state index in [1.54, 1.807) is 31.2 Å². The summed E-state index contributed by atoms with van der Waals surface area (Å²) in [6, 6.07) is 7.40. The highest BCUT2D eigenvalue weighted by Crippen LogP contribution is 2.07. The summed E-state index contributed by atoms with van der Waals surface area (Å²) in [7, 11) is -3.61. The Kier molecular flexibility index (Phi) is 5.67. The van der Waals surface area contributed by atoms with E-state index < -0.39 is 16.1 Å². The monoisotopic (exact) mass is 295 g/mol. The molecule has 0 aromatic heterocycles. The molecule has 108 valence electrons. The lowest BCUT2D eigenvalue weighted by atomic mass is 10.2. The van der Waals surface area contributed by atoms with Gasteiger partial charge in [-0.3, -0.25) is 4.79 Å². The van der Waals surface area contributed by atoms with Crippen LogP contribution in [0.5, 0.6) is 0 Å². The number of amides is 1. The third-order valence-corrected chi connectivity index (χ3v) is 3.97. The standard InChI is InChI=1S/C13H17N3O3S/c1-3-15-13(17)10(2)16-20(18,19)9-12-6-4-11(8-14)5-7-12/h4-7,10,16H,3,9H2,1-2H3,(H,15,17). The van der Waals surface area contributed by atoms with Gasteiger partial charge in [0.2, 0.25) is 15.9 Å². The molecule has 0 fully saturated rings. The van der Waals surface area contributed by atoms with Gasteiger partial charge in [-0.15, -0.1) is 0 Å². The molecule has 1 aromatic carbocycles. The maximum Gasteiger partial charge on any atom is 0.237 e. The lowest BCUT2D eigenvalue weighted by molar-refractivity contribution is -0.122. The van der Waals surface area contributed by atoms with Gasteiger partial charge in [-0.05, 0) is 31.5 Å². The first-order valence-electron chi connectivity index (χ1n) is 6.14. The number of carbonyl (C=O) groups is 1. The molecule has 0 aliphatic rings. The number of nitriles is 1. The Morgan fingerprint density at radius 3 is 2.45 bits per heavy atom. The molecule has 0 aliphatic heterocycles. The smallest absolute Gasteiger partial charge is 0.237 e. The van der Waals surface area contributed by atoms with Crippen LogP contribution in [0.4, 0.5) is 0 Å². The quantitative estimate of drug-likeness (QED) is 0.798. The summed E-state index contributed by atoms with van der Waals surface area (Å²) in [5, 5.41) is 11.2. The van der Waals surface area contributed by atoms with Gasteiger partial charge in [-0.1, -0.05) is 12.1 Å². The highest BCUT2D eigenvalue weighted by Gasteiger charge is 2.20. The van der Waals surface area contributed by atoms with E-state index in [0.717, 1.165) is 0 Å². The van der Waals surface area contributed by atoms with Crippen molar-refractivity contribution >= 4 is 15.9 Å². The van der Waals surface area contributed by atoms with E-state index in [0.29, 0.717) is 17.7 Å². The first-order chi connectivity index (χ1) is 9.38. The van der Waals surface area contributed by atoms with Gasteiger partial charge >= 0.3 is 0 Å². The number of nitrogens with one attached hydrogen (secondary N) is 2. The van der Waals surface area contributed by atoms with Gasteiger partial charge in [0.1, 0.15) is 0 Å². The Hall–Kier alpha value is -1.91. The number of hydrogen-bond acceptors (Lipinski definition) is 4. The van der Waals surface area contributed by atoms with Gasteiger partial charge in [0, 0.05) is 6.54 Å². The normalized spacial score (nSPS) is 12.4. The van der Waals surface area contributed by atoms with E-state index in [9.17, 15) is 13.2 Å². The predicted octanol–water partition coefficient (Wildman–Crippen LogP) is 0.502. The number of hydrogen-bond donors (Lipinski definition) is 2. The summed E-state index contributed by atoms with van der Waals surface area (Å²) in [5.74, 6) is -0.599. The van der Waals surface area contributed by atoms with Crippen LogP contribution in [0.25, 0.3) is 0 Å². The van der Waals surface area contributed by atoms with Gasteiger partial charge in [-0.25, -0.2) is 13.1 Å². The minimum Gasteiger partial charge on any atom is -0.355 e. The molecule has 0 spiro atoms. The van der Waals surface area contributed by atoms with Crippen LogP contribution in [-0.2, 0) is 20.6 Å². The number of benzene rings is 1. The minimum atomic E-state index is -3.61. The van der Waals surface area contributed by atoms with E-state index in [4.69, 9.17) is 5.26 Å². The molecule has 0 saturated carbocycles. The Morgan fingerprint density at radius 2 is 1.95 bits per heavy atom. The molecule has 20 heavy (non-hydrogen) atoms. The van der Waals surface area contributed by atoms with Crippen LogP contribution >= 0.6 is 0 Å². The summed E-state index contributed by atoms with van der Waals surface area (Å²) < 4.78 is 26.1. The molecule has 0 aliphatic carbocycles. The second-order valence-corrected chi connectivity index (χ2v) is 6.06. The fraction of sp³-hybridized carbons (Fsp3) is 0.385. The molecule has 1 unspecified atom stereocenters. The lowest BCUT2D eigenvalue weighted by Crippen LogP contribution is -2.45. The van der Waals surface area contributed by atoms with Crippen LogP contribution in [0, 0.1) is 11.3 Å². The Morgan fingerprint density at radius 1 is 1.35 bits per heavy atom. The Labute approximate surface area is 118 Å². The van der Waals surface area contributed by atoms with Crippen molar-refractivity contribution in [3.63, 3.8) is 0 Å². The summed E-state index contributed by atoms with van der Waals surface area (Å²) in [4.78, 5) is 11.5. The molecule has 1 atom stereocenters. The molecular formula is C13H17N3O3S. The topological polar surface area (TPSA) is 99.1 Å². The second-order valence-electron chi connectivity index (χ2n) is 4.30. The van der Waals surface area contributed by atoms with Crippen LogP contribution in [-0.4, -0.2) is 26.9 Å². The number of rotatable bonds is 6. The fourth-order valence-corrected chi connectivity index (χ4v) is 2.95. The van der Waals surface area contributed by atoms with Gasteiger partial charge in [-0.2, -0.15) is 5.26 Å². The maximum atomic E-state index is 11.9. The predicted molar refractivity (Wildman–Crippen MR) is 75.1 cm³/mol. The van der Waals surface area contributed by atoms with Crippen molar-refractivity contribution in [1.82, 2.24) is 10.0 Å². The Balaban J connectivity index is 2.69. The summed E-state index contributed by atoms with van der Waals surface area (Å²) >= 11 is 0. The molecule has 1 rings (SSSR count). The van der Waals surface area contributed by atoms with Crippen molar-refractivity contribution < 1.29 is 13.2 Å². The average molecular weight is 295 g/mol. The van der Waals surface area contributed by atoms with E-state index in [2.05, 4.69) is 10.0 Å². The SMILES string of the molecule is CCNC(=O)C(C)NS(=O)(=O)Cc1ccc(C#N)cc1. The molecule has 2 N–H and O–H groups in total. The molecule has 1 aromatic rings. The highest BCUT2D eigenvalue weighted by atomic mass is 32.2. The second kappa shape index (κ2) is 7.03. The molecular weight excluding hydrogens is 278 g/mol. The van der Waals surface area contributed by atoms with Crippen molar-refractivity contribution in [3.8, 4) is 6.07 Å². The summed E-state index contributed by atoms with van der Waals surface area (Å²) in [5.41, 5.74) is 1.02. The maximum absolute atomic E-state index is 11.9. The zero-order valence-corrected chi connectivity index (χ0v) is 12.2. The lowest BCUT2D eigenvalue weighted by Gasteiger charge is -2.13. The van der Waals surface area contributed by atoms with Crippen molar-refractivity contribution in [3.05, 3.63) is 35.4 Å². The van der Waals surface area contributed by atoms with Gasteiger partial charge < -0.3 is 5.32 Å². The number of carbonyl (C=O) groups excluding carboxylic acids is 1. The Bertz CT molecular complexity index is 603.